The first-order valence-corrected chi connectivity index (χ1v) is 8.71. The number of carbonyl (C=O) groups is 2. The van der Waals surface area contributed by atoms with Crippen LogP contribution >= 0.6 is 0 Å². The van der Waals surface area contributed by atoms with Gasteiger partial charge in [0.2, 0.25) is 0 Å². The van der Waals surface area contributed by atoms with E-state index >= 15 is 0 Å². The number of ether oxygens (including phenoxy) is 1. The fourth-order valence-corrected chi connectivity index (χ4v) is 3.56. The zero-order valence-electron chi connectivity index (χ0n) is 13.8. The van der Waals surface area contributed by atoms with E-state index in [0.29, 0.717) is 19.4 Å². The number of carboxylic acids is 1. The summed E-state index contributed by atoms with van der Waals surface area (Å²) < 4.78 is 6.06. The molecule has 1 heterocycles. The van der Waals surface area contributed by atoms with Crippen LogP contribution in [0.1, 0.15) is 65.2 Å². The first-order chi connectivity index (χ1) is 10.5. The van der Waals surface area contributed by atoms with Gasteiger partial charge in [-0.25, -0.2) is 0 Å². The highest BCUT2D eigenvalue weighted by Crippen LogP contribution is 2.26. The van der Waals surface area contributed by atoms with E-state index in [2.05, 4.69) is 0 Å². The van der Waals surface area contributed by atoms with E-state index in [9.17, 15) is 14.7 Å². The van der Waals surface area contributed by atoms with Gasteiger partial charge < -0.3 is 14.7 Å². The summed E-state index contributed by atoms with van der Waals surface area (Å²) in [6.07, 6.45) is 7.52. The van der Waals surface area contributed by atoms with Gasteiger partial charge in [-0.1, -0.05) is 26.2 Å². The van der Waals surface area contributed by atoms with Crippen molar-refractivity contribution in [3.8, 4) is 0 Å². The van der Waals surface area contributed by atoms with Crippen molar-refractivity contribution in [1.29, 1.82) is 0 Å². The van der Waals surface area contributed by atoms with Gasteiger partial charge in [-0.3, -0.25) is 9.59 Å². The van der Waals surface area contributed by atoms with E-state index in [1.54, 1.807) is 4.90 Å². The smallest absolute Gasteiger partial charge is 0.308 e. The number of hydrogen-bond acceptors (Lipinski definition) is 3. The van der Waals surface area contributed by atoms with Crippen molar-refractivity contribution >= 4 is 11.9 Å². The molecule has 0 aromatic rings. The van der Waals surface area contributed by atoms with Crippen LogP contribution in [0.2, 0.25) is 0 Å². The minimum atomic E-state index is -0.800. The molecule has 3 atom stereocenters. The highest BCUT2D eigenvalue weighted by Gasteiger charge is 2.36. The fraction of sp³-hybridized carbons (Fsp3) is 0.882. The van der Waals surface area contributed by atoms with E-state index in [0.717, 1.165) is 19.3 Å². The lowest BCUT2D eigenvalue weighted by atomic mass is 9.93. The lowest BCUT2D eigenvalue weighted by Gasteiger charge is -2.39. The maximum atomic E-state index is 12.8. The molecule has 0 radical (unpaired) electrons. The van der Waals surface area contributed by atoms with Crippen molar-refractivity contribution < 1.29 is 19.4 Å². The van der Waals surface area contributed by atoms with Crippen LogP contribution in [0, 0.1) is 5.92 Å². The van der Waals surface area contributed by atoms with Gasteiger partial charge in [-0.15, -0.1) is 0 Å². The molecule has 1 aliphatic heterocycles. The maximum absolute atomic E-state index is 12.8. The van der Waals surface area contributed by atoms with Gasteiger partial charge in [0.1, 0.15) is 6.10 Å². The van der Waals surface area contributed by atoms with E-state index in [4.69, 9.17) is 4.74 Å². The molecule has 0 aromatic heterocycles. The second-order valence-corrected chi connectivity index (χ2v) is 6.75. The summed E-state index contributed by atoms with van der Waals surface area (Å²) >= 11 is 0. The van der Waals surface area contributed by atoms with Crippen LogP contribution in [0.3, 0.4) is 0 Å². The molecule has 1 saturated heterocycles. The minimum absolute atomic E-state index is 0.0217. The van der Waals surface area contributed by atoms with Gasteiger partial charge in [-0.2, -0.15) is 0 Å². The zero-order valence-corrected chi connectivity index (χ0v) is 13.8. The van der Waals surface area contributed by atoms with E-state index in [-0.39, 0.29) is 18.1 Å². The van der Waals surface area contributed by atoms with Gasteiger partial charge in [0.15, 0.2) is 0 Å². The van der Waals surface area contributed by atoms with Gasteiger partial charge in [0.25, 0.3) is 5.91 Å². The molecule has 2 aliphatic rings. The van der Waals surface area contributed by atoms with Crippen molar-refractivity contribution in [2.45, 2.75) is 83.5 Å². The zero-order chi connectivity index (χ0) is 16.1. The Morgan fingerprint density at radius 1 is 1.18 bits per heavy atom. The monoisotopic (exact) mass is 311 g/mol. The number of piperidine rings is 1. The molecular weight excluding hydrogens is 282 g/mol. The molecule has 2 rings (SSSR count). The summed E-state index contributed by atoms with van der Waals surface area (Å²) in [5.41, 5.74) is 0. The Morgan fingerprint density at radius 2 is 1.86 bits per heavy atom. The van der Waals surface area contributed by atoms with Gasteiger partial charge in [-0.05, 0) is 39.0 Å². The van der Waals surface area contributed by atoms with Gasteiger partial charge in [0.05, 0.1) is 12.0 Å². The highest BCUT2D eigenvalue weighted by atomic mass is 16.5. The number of carbonyl (C=O) groups excluding carboxylic acids is 1. The first-order valence-electron chi connectivity index (χ1n) is 8.71. The number of amides is 1. The molecule has 22 heavy (non-hydrogen) atoms. The normalized spacial score (nSPS) is 28.4. The molecule has 0 bridgehead atoms. The van der Waals surface area contributed by atoms with Crippen LogP contribution in [-0.4, -0.2) is 46.7 Å². The number of aliphatic carboxylic acids is 1. The van der Waals surface area contributed by atoms with E-state index in [1.165, 1.54) is 19.3 Å². The first kappa shape index (κ1) is 17.3. The summed E-state index contributed by atoms with van der Waals surface area (Å²) in [6, 6.07) is 0.104. The van der Waals surface area contributed by atoms with Crippen LogP contribution in [0.15, 0.2) is 0 Å². The second kappa shape index (κ2) is 7.95. The molecular formula is C17H29NO4. The highest BCUT2D eigenvalue weighted by molar-refractivity contribution is 5.82. The van der Waals surface area contributed by atoms with Crippen LogP contribution in [-0.2, 0) is 14.3 Å². The number of likely N-dealkylation sites (tertiary alicyclic amines) is 1. The summed E-state index contributed by atoms with van der Waals surface area (Å²) in [6.45, 7) is 4.29. The fourth-order valence-electron chi connectivity index (χ4n) is 3.56. The third-order valence-corrected chi connectivity index (χ3v) is 5.07. The lowest BCUT2D eigenvalue weighted by molar-refractivity contribution is -0.157. The van der Waals surface area contributed by atoms with Crippen molar-refractivity contribution in [2.24, 2.45) is 5.92 Å². The number of rotatable bonds is 5. The van der Waals surface area contributed by atoms with Crippen LogP contribution < -0.4 is 0 Å². The van der Waals surface area contributed by atoms with Crippen molar-refractivity contribution in [2.75, 3.05) is 6.54 Å². The number of hydrogen-bond donors (Lipinski definition) is 1. The summed E-state index contributed by atoms with van der Waals surface area (Å²) in [4.78, 5) is 25.7. The predicted molar refractivity (Wildman–Crippen MR) is 83.6 cm³/mol. The number of nitrogens with zero attached hydrogens (tertiary/aromatic N) is 1. The molecule has 5 nitrogen and oxygen atoms in total. The van der Waals surface area contributed by atoms with E-state index < -0.39 is 18.0 Å². The predicted octanol–water partition coefficient (Wildman–Crippen LogP) is 2.83. The molecule has 0 aromatic carbocycles. The third-order valence-electron chi connectivity index (χ3n) is 5.07. The molecule has 2 fully saturated rings. The standard InChI is InChI=1S/C17H29NO4/c1-3-15(22-14-7-5-4-6-8-14)16(19)18-11-13(17(20)21)10-9-12(18)2/h12-15H,3-11H2,1-2H3,(H,20,21). The molecule has 0 spiro atoms. The molecule has 1 aliphatic carbocycles. The quantitative estimate of drug-likeness (QED) is 0.848. The Morgan fingerprint density at radius 3 is 2.45 bits per heavy atom. The van der Waals surface area contributed by atoms with E-state index in [1.807, 2.05) is 13.8 Å². The Hall–Kier alpha value is -1.10. The average molecular weight is 311 g/mol. The van der Waals surface area contributed by atoms with Gasteiger partial charge >= 0.3 is 5.97 Å². The average Bonchev–Trinajstić information content (AvgIpc) is 2.53. The summed E-state index contributed by atoms with van der Waals surface area (Å²) in [5, 5.41) is 9.21. The van der Waals surface area contributed by atoms with Crippen LogP contribution in [0.25, 0.3) is 0 Å². The Kier molecular flexibility index (Phi) is 6.24. The van der Waals surface area contributed by atoms with Gasteiger partial charge in [0, 0.05) is 12.6 Å². The minimum Gasteiger partial charge on any atom is -0.481 e. The molecule has 126 valence electrons. The molecule has 1 amide bonds. The SMILES string of the molecule is CCC(OC1CCCCC1)C(=O)N1CC(C(=O)O)CCC1C. The molecule has 1 N–H and O–H groups in total. The maximum Gasteiger partial charge on any atom is 0.308 e. The molecule has 5 heteroatoms. The molecule has 1 saturated carbocycles. The van der Waals surface area contributed by atoms with Crippen molar-refractivity contribution in [3.63, 3.8) is 0 Å². The third kappa shape index (κ3) is 4.22. The molecule has 3 unspecified atom stereocenters. The van der Waals surface area contributed by atoms with Crippen LogP contribution in [0.4, 0.5) is 0 Å². The number of carboxylic acid groups (broad SMARTS) is 1. The summed E-state index contributed by atoms with van der Waals surface area (Å²) in [7, 11) is 0. The summed E-state index contributed by atoms with van der Waals surface area (Å²) in [5.74, 6) is -1.26. The Balaban J connectivity index is 1.97. The van der Waals surface area contributed by atoms with Crippen LogP contribution in [0.5, 0.6) is 0 Å². The Labute approximate surface area is 133 Å². The Bertz CT molecular complexity index is 392. The van der Waals surface area contributed by atoms with Crippen molar-refractivity contribution in [3.05, 3.63) is 0 Å². The largest absolute Gasteiger partial charge is 0.481 e. The van der Waals surface area contributed by atoms with Crippen molar-refractivity contribution in [1.82, 2.24) is 4.90 Å². The topological polar surface area (TPSA) is 66.8 Å². The lowest BCUT2D eigenvalue weighted by Crippen LogP contribution is -2.51. The second-order valence-electron chi connectivity index (χ2n) is 6.75.